The molecule has 1 N–H and O–H groups in total. The van der Waals surface area contributed by atoms with Gasteiger partial charge in [0, 0.05) is 31.7 Å². The number of piperazine rings is 1. The van der Waals surface area contributed by atoms with Crippen LogP contribution in [0.2, 0.25) is 0 Å². The molecule has 25 heavy (non-hydrogen) atoms. The van der Waals surface area contributed by atoms with Crippen molar-refractivity contribution in [3.63, 3.8) is 0 Å². The van der Waals surface area contributed by atoms with Crippen LogP contribution in [0.4, 0.5) is 0 Å². The number of carbonyl (C=O) groups excluding carboxylic acids is 1. The second-order valence-corrected chi connectivity index (χ2v) is 6.47. The second-order valence-electron chi connectivity index (χ2n) is 6.47. The molecule has 0 amide bonds. The van der Waals surface area contributed by atoms with E-state index < -0.39 is 5.97 Å². The van der Waals surface area contributed by atoms with Crippen LogP contribution in [-0.4, -0.2) is 66.4 Å². The number of benzene rings is 2. The van der Waals surface area contributed by atoms with Crippen molar-refractivity contribution in [3.05, 3.63) is 59.7 Å². The summed E-state index contributed by atoms with van der Waals surface area (Å²) in [6, 6.07) is 14.2. The van der Waals surface area contributed by atoms with E-state index in [0.29, 0.717) is 12.1 Å². The number of hydrogen-bond donors (Lipinski definition) is 1. The Hall–Kier alpha value is -2.50. The molecule has 1 aliphatic heterocycles. The van der Waals surface area contributed by atoms with E-state index in [4.69, 9.17) is 5.11 Å². The number of rotatable bonds is 5. The Morgan fingerprint density at radius 1 is 0.920 bits per heavy atom. The molecule has 0 saturated carbocycles. The highest BCUT2D eigenvalue weighted by Gasteiger charge is 2.17. The van der Waals surface area contributed by atoms with Gasteiger partial charge in [0.15, 0.2) is 5.78 Å². The number of Topliss-reactive ketones (excluding diaryl/α,β-unsaturated/α-hetero) is 1. The summed E-state index contributed by atoms with van der Waals surface area (Å²) >= 11 is 0. The monoisotopic (exact) mass is 338 g/mol. The third-order valence-corrected chi connectivity index (χ3v) is 4.59. The van der Waals surface area contributed by atoms with Gasteiger partial charge in [0.05, 0.1) is 12.1 Å². The van der Waals surface area contributed by atoms with Gasteiger partial charge in [0.2, 0.25) is 0 Å². The SMILES string of the molecule is CN1CCN(CC(=O)c2cccc(-c3cccc(C(=O)O)c3)c2)CC1. The maximum Gasteiger partial charge on any atom is 0.335 e. The van der Waals surface area contributed by atoms with Crippen molar-refractivity contribution in [2.24, 2.45) is 0 Å². The van der Waals surface area contributed by atoms with Crippen LogP contribution in [0.25, 0.3) is 11.1 Å². The van der Waals surface area contributed by atoms with Gasteiger partial charge in [-0.3, -0.25) is 9.69 Å². The van der Waals surface area contributed by atoms with Crippen LogP contribution in [-0.2, 0) is 0 Å². The van der Waals surface area contributed by atoms with Crippen molar-refractivity contribution in [2.75, 3.05) is 39.8 Å². The van der Waals surface area contributed by atoms with Gasteiger partial charge in [-0.2, -0.15) is 0 Å². The molecule has 0 atom stereocenters. The minimum Gasteiger partial charge on any atom is -0.478 e. The Morgan fingerprint density at radius 2 is 1.48 bits per heavy atom. The smallest absolute Gasteiger partial charge is 0.335 e. The zero-order valence-electron chi connectivity index (χ0n) is 14.3. The molecule has 0 unspecified atom stereocenters. The summed E-state index contributed by atoms with van der Waals surface area (Å²) in [5, 5.41) is 9.14. The zero-order chi connectivity index (χ0) is 17.8. The zero-order valence-corrected chi connectivity index (χ0v) is 14.3. The molecule has 3 rings (SSSR count). The molecule has 0 spiro atoms. The van der Waals surface area contributed by atoms with Gasteiger partial charge in [-0.15, -0.1) is 0 Å². The van der Waals surface area contributed by atoms with E-state index >= 15 is 0 Å². The molecule has 0 bridgehead atoms. The lowest BCUT2D eigenvalue weighted by atomic mass is 9.99. The highest BCUT2D eigenvalue weighted by molar-refractivity contribution is 5.99. The first-order chi connectivity index (χ1) is 12.0. The standard InChI is InChI=1S/C20H22N2O3/c1-21-8-10-22(11-9-21)14-19(23)17-6-2-4-15(12-17)16-5-3-7-18(13-16)20(24)25/h2-7,12-13H,8-11,14H2,1H3,(H,24,25). The summed E-state index contributed by atoms with van der Waals surface area (Å²) in [4.78, 5) is 28.2. The second kappa shape index (κ2) is 7.59. The summed E-state index contributed by atoms with van der Waals surface area (Å²) in [7, 11) is 2.09. The third-order valence-electron chi connectivity index (χ3n) is 4.59. The summed E-state index contributed by atoms with van der Waals surface area (Å²) in [5.41, 5.74) is 2.56. The van der Waals surface area contributed by atoms with Crippen LogP contribution in [0.15, 0.2) is 48.5 Å². The molecular formula is C20H22N2O3. The van der Waals surface area contributed by atoms with Gasteiger partial charge >= 0.3 is 5.97 Å². The number of aromatic carboxylic acids is 1. The number of carboxylic acids is 1. The fourth-order valence-electron chi connectivity index (χ4n) is 3.00. The summed E-state index contributed by atoms with van der Waals surface area (Å²) in [5.74, 6) is -0.857. The Kier molecular flexibility index (Phi) is 5.26. The quantitative estimate of drug-likeness (QED) is 0.849. The van der Waals surface area contributed by atoms with Gasteiger partial charge < -0.3 is 10.0 Å². The van der Waals surface area contributed by atoms with Gasteiger partial charge in [-0.05, 0) is 36.4 Å². The Morgan fingerprint density at radius 3 is 2.08 bits per heavy atom. The topological polar surface area (TPSA) is 60.9 Å². The van der Waals surface area contributed by atoms with Crippen molar-refractivity contribution >= 4 is 11.8 Å². The largest absolute Gasteiger partial charge is 0.478 e. The summed E-state index contributed by atoms with van der Waals surface area (Å²) in [6.07, 6.45) is 0. The van der Waals surface area contributed by atoms with Gasteiger partial charge in [-0.1, -0.05) is 30.3 Å². The van der Waals surface area contributed by atoms with E-state index in [0.717, 1.165) is 37.3 Å². The first kappa shape index (κ1) is 17.3. The predicted octanol–water partition coefficient (Wildman–Crippen LogP) is 2.48. The summed E-state index contributed by atoms with van der Waals surface area (Å²) in [6.45, 7) is 4.20. The van der Waals surface area contributed by atoms with E-state index in [9.17, 15) is 9.59 Å². The molecule has 2 aromatic rings. The van der Waals surface area contributed by atoms with Gasteiger partial charge in [-0.25, -0.2) is 4.79 Å². The molecule has 0 radical (unpaired) electrons. The minimum atomic E-state index is -0.954. The number of carboxylic acid groups (broad SMARTS) is 1. The number of likely N-dealkylation sites (N-methyl/N-ethyl adjacent to an activating group) is 1. The van der Waals surface area contributed by atoms with Crippen LogP contribution < -0.4 is 0 Å². The molecule has 0 aromatic heterocycles. The van der Waals surface area contributed by atoms with Crippen molar-refractivity contribution < 1.29 is 14.7 Å². The molecular weight excluding hydrogens is 316 g/mol. The van der Waals surface area contributed by atoms with Crippen LogP contribution >= 0.6 is 0 Å². The Bertz CT molecular complexity index is 780. The van der Waals surface area contributed by atoms with E-state index in [1.807, 2.05) is 30.3 Å². The van der Waals surface area contributed by atoms with Crippen LogP contribution in [0, 0.1) is 0 Å². The molecule has 0 aliphatic carbocycles. The van der Waals surface area contributed by atoms with Gasteiger partial charge in [0.1, 0.15) is 0 Å². The fourth-order valence-corrected chi connectivity index (χ4v) is 3.00. The van der Waals surface area contributed by atoms with Crippen molar-refractivity contribution in [1.82, 2.24) is 9.80 Å². The van der Waals surface area contributed by atoms with Crippen LogP contribution in [0.3, 0.4) is 0 Å². The molecule has 130 valence electrons. The molecule has 5 heteroatoms. The molecule has 5 nitrogen and oxygen atoms in total. The highest BCUT2D eigenvalue weighted by atomic mass is 16.4. The van der Waals surface area contributed by atoms with Crippen molar-refractivity contribution in [3.8, 4) is 11.1 Å². The van der Waals surface area contributed by atoms with E-state index in [1.54, 1.807) is 18.2 Å². The third kappa shape index (κ3) is 4.32. The average Bonchev–Trinajstić information content (AvgIpc) is 2.64. The number of nitrogens with zero attached hydrogens (tertiary/aromatic N) is 2. The van der Waals surface area contributed by atoms with Crippen LogP contribution in [0.1, 0.15) is 20.7 Å². The molecule has 1 heterocycles. The number of carbonyl (C=O) groups is 2. The highest BCUT2D eigenvalue weighted by Crippen LogP contribution is 2.22. The Labute approximate surface area is 147 Å². The lowest BCUT2D eigenvalue weighted by Gasteiger charge is -2.31. The van der Waals surface area contributed by atoms with Crippen molar-refractivity contribution in [2.45, 2.75) is 0 Å². The lowest BCUT2D eigenvalue weighted by molar-refractivity contribution is 0.0696. The number of ketones is 1. The molecule has 1 fully saturated rings. The minimum absolute atomic E-state index is 0.0980. The predicted molar refractivity (Wildman–Crippen MR) is 97.1 cm³/mol. The molecule has 1 aliphatic rings. The lowest BCUT2D eigenvalue weighted by Crippen LogP contribution is -2.46. The van der Waals surface area contributed by atoms with E-state index in [1.165, 1.54) is 0 Å². The first-order valence-electron chi connectivity index (χ1n) is 8.41. The molecule has 1 saturated heterocycles. The maximum absolute atomic E-state index is 12.6. The Balaban J connectivity index is 1.76. The van der Waals surface area contributed by atoms with Crippen LogP contribution in [0.5, 0.6) is 0 Å². The van der Waals surface area contributed by atoms with E-state index in [-0.39, 0.29) is 11.3 Å². The maximum atomic E-state index is 12.6. The normalized spacial score (nSPS) is 15.9. The number of hydrogen-bond acceptors (Lipinski definition) is 4. The fraction of sp³-hybridized carbons (Fsp3) is 0.300. The summed E-state index contributed by atoms with van der Waals surface area (Å²) < 4.78 is 0. The van der Waals surface area contributed by atoms with Crippen molar-refractivity contribution in [1.29, 1.82) is 0 Å². The van der Waals surface area contributed by atoms with Gasteiger partial charge in [0.25, 0.3) is 0 Å². The first-order valence-corrected chi connectivity index (χ1v) is 8.41. The van der Waals surface area contributed by atoms with E-state index in [2.05, 4.69) is 16.8 Å². The molecule has 2 aromatic carbocycles. The average molecular weight is 338 g/mol.